The number of carboxylic acids is 1. The molecule has 2 amide bonds. The maximum atomic E-state index is 12.9. The Kier molecular flexibility index (Phi) is 9.23. The van der Waals surface area contributed by atoms with Crippen molar-refractivity contribution in [3.8, 4) is 0 Å². The summed E-state index contributed by atoms with van der Waals surface area (Å²) in [5, 5.41) is 12.2. The molecule has 1 atom stereocenters. The quantitative estimate of drug-likeness (QED) is 0.448. The highest BCUT2D eigenvalue weighted by atomic mass is 32.1. The molecular weight excluding hydrogens is 392 g/mol. The molecule has 0 radical (unpaired) electrons. The first kappa shape index (κ1) is 22.2. The topological polar surface area (TPSA) is 69.6 Å². The average molecular weight is 419 g/mol. The van der Waals surface area contributed by atoms with Crippen LogP contribution in [0.4, 0.5) is 4.79 Å². The van der Waals surface area contributed by atoms with Crippen LogP contribution in [0.15, 0.2) is 60.7 Å². The van der Waals surface area contributed by atoms with Crippen LogP contribution in [0.5, 0.6) is 0 Å². The molecule has 0 heterocycles. The zero-order valence-corrected chi connectivity index (χ0v) is 17.4. The first-order valence-corrected chi connectivity index (χ1v) is 10.4. The van der Waals surface area contributed by atoms with E-state index in [1.54, 1.807) is 4.90 Å². The smallest absolute Gasteiger partial charge is 0.326 e. The average Bonchev–Trinajstić information content (AvgIpc) is 2.72. The third-order valence-electron chi connectivity index (χ3n) is 4.49. The molecule has 0 aromatic heterocycles. The van der Waals surface area contributed by atoms with Gasteiger partial charge in [0.1, 0.15) is 6.04 Å². The SMILES string of the molecule is O=C(O)C(Cc1ccccc1)NC(=O)N(CCc1ccccc1)C(CS)CS. The first-order chi connectivity index (χ1) is 13.5. The monoisotopic (exact) mass is 418 g/mol. The van der Waals surface area contributed by atoms with Gasteiger partial charge in [-0.05, 0) is 17.5 Å². The Morgan fingerprint density at radius 1 is 0.929 bits per heavy atom. The van der Waals surface area contributed by atoms with E-state index in [2.05, 4.69) is 30.6 Å². The van der Waals surface area contributed by atoms with Crippen molar-refractivity contribution in [3.63, 3.8) is 0 Å². The molecule has 0 saturated carbocycles. The van der Waals surface area contributed by atoms with Gasteiger partial charge in [-0.1, -0.05) is 60.7 Å². The van der Waals surface area contributed by atoms with Crippen LogP contribution in [0, 0.1) is 0 Å². The van der Waals surface area contributed by atoms with Crippen LogP contribution >= 0.6 is 25.3 Å². The van der Waals surface area contributed by atoms with Crippen LogP contribution in [0.1, 0.15) is 11.1 Å². The molecule has 2 N–H and O–H groups in total. The van der Waals surface area contributed by atoms with Crippen molar-refractivity contribution >= 4 is 37.3 Å². The number of nitrogens with one attached hydrogen (secondary N) is 1. The number of nitrogens with zero attached hydrogens (tertiary/aromatic N) is 1. The van der Waals surface area contributed by atoms with Gasteiger partial charge < -0.3 is 15.3 Å². The Morgan fingerprint density at radius 3 is 1.96 bits per heavy atom. The second kappa shape index (κ2) is 11.7. The second-order valence-electron chi connectivity index (χ2n) is 6.48. The van der Waals surface area contributed by atoms with Crippen LogP contribution in [-0.2, 0) is 17.6 Å². The molecule has 7 heteroatoms. The number of thiol groups is 2. The summed E-state index contributed by atoms with van der Waals surface area (Å²) >= 11 is 8.67. The van der Waals surface area contributed by atoms with Gasteiger partial charge in [-0.25, -0.2) is 9.59 Å². The molecule has 1 unspecified atom stereocenters. The standard InChI is InChI=1S/C21H26N2O3S2/c24-20(25)19(13-17-9-5-2-6-10-17)22-21(26)23(18(14-27)15-28)12-11-16-7-3-1-4-8-16/h1-10,18-19,27-28H,11-15H2,(H,22,26)(H,24,25). The van der Waals surface area contributed by atoms with Crippen LogP contribution in [0.3, 0.4) is 0 Å². The van der Waals surface area contributed by atoms with Gasteiger partial charge in [-0.15, -0.1) is 0 Å². The maximum Gasteiger partial charge on any atom is 0.326 e. The zero-order chi connectivity index (χ0) is 20.4. The number of hydrogen-bond donors (Lipinski definition) is 4. The Balaban J connectivity index is 2.09. The van der Waals surface area contributed by atoms with E-state index in [4.69, 9.17) is 0 Å². The Bertz CT molecular complexity index is 740. The molecule has 0 fully saturated rings. The fourth-order valence-electron chi connectivity index (χ4n) is 2.88. The van der Waals surface area contributed by atoms with Gasteiger partial charge in [0.2, 0.25) is 0 Å². The van der Waals surface area contributed by atoms with E-state index >= 15 is 0 Å². The molecule has 0 saturated heterocycles. The molecule has 0 aliphatic heterocycles. The number of amides is 2. The van der Waals surface area contributed by atoms with Gasteiger partial charge in [-0.3, -0.25) is 0 Å². The number of carbonyl (C=O) groups is 2. The Labute approximate surface area is 177 Å². The summed E-state index contributed by atoms with van der Waals surface area (Å²) < 4.78 is 0. The maximum absolute atomic E-state index is 12.9. The minimum absolute atomic E-state index is 0.193. The molecule has 0 spiro atoms. The molecule has 150 valence electrons. The molecule has 28 heavy (non-hydrogen) atoms. The first-order valence-electron chi connectivity index (χ1n) is 9.14. The van der Waals surface area contributed by atoms with Crippen molar-refractivity contribution in [3.05, 3.63) is 71.8 Å². The van der Waals surface area contributed by atoms with Gasteiger partial charge in [0.15, 0.2) is 0 Å². The summed E-state index contributed by atoms with van der Waals surface area (Å²) in [5.41, 5.74) is 1.96. The van der Waals surface area contributed by atoms with Crippen molar-refractivity contribution in [2.24, 2.45) is 0 Å². The predicted molar refractivity (Wildman–Crippen MR) is 118 cm³/mol. The lowest BCUT2D eigenvalue weighted by Gasteiger charge is -2.31. The van der Waals surface area contributed by atoms with Crippen molar-refractivity contribution in [2.45, 2.75) is 24.9 Å². The van der Waals surface area contributed by atoms with E-state index in [0.29, 0.717) is 24.5 Å². The third-order valence-corrected chi connectivity index (χ3v) is 5.33. The molecule has 2 rings (SSSR count). The van der Waals surface area contributed by atoms with E-state index < -0.39 is 18.0 Å². The van der Waals surface area contributed by atoms with E-state index in [-0.39, 0.29) is 12.5 Å². The highest BCUT2D eigenvalue weighted by Crippen LogP contribution is 2.10. The summed E-state index contributed by atoms with van der Waals surface area (Å²) in [6.45, 7) is 0.458. The lowest BCUT2D eigenvalue weighted by atomic mass is 10.1. The van der Waals surface area contributed by atoms with E-state index in [1.807, 2.05) is 60.7 Å². The Hall–Kier alpha value is -2.12. The normalized spacial score (nSPS) is 11.8. The van der Waals surface area contributed by atoms with Crippen molar-refractivity contribution in [1.82, 2.24) is 10.2 Å². The molecule has 2 aromatic rings. The van der Waals surface area contributed by atoms with Crippen molar-refractivity contribution < 1.29 is 14.7 Å². The zero-order valence-electron chi connectivity index (χ0n) is 15.6. The Morgan fingerprint density at radius 2 is 1.46 bits per heavy atom. The lowest BCUT2D eigenvalue weighted by molar-refractivity contribution is -0.139. The lowest BCUT2D eigenvalue weighted by Crippen LogP contribution is -2.53. The van der Waals surface area contributed by atoms with E-state index in [9.17, 15) is 14.7 Å². The predicted octanol–water partition coefficient (Wildman–Crippen LogP) is 3.16. The summed E-state index contributed by atoms with van der Waals surface area (Å²) in [4.78, 5) is 26.2. The van der Waals surface area contributed by atoms with Crippen LogP contribution < -0.4 is 5.32 Å². The molecule has 5 nitrogen and oxygen atoms in total. The number of carbonyl (C=O) groups excluding carboxylic acids is 1. The summed E-state index contributed by atoms with van der Waals surface area (Å²) in [6.07, 6.45) is 0.892. The number of aliphatic carboxylic acids is 1. The molecule has 0 aliphatic carbocycles. The highest BCUT2D eigenvalue weighted by molar-refractivity contribution is 7.81. The summed E-state index contributed by atoms with van der Waals surface area (Å²) in [7, 11) is 0. The number of carboxylic acid groups (broad SMARTS) is 1. The van der Waals surface area contributed by atoms with E-state index in [0.717, 1.165) is 11.1 Å². The minimum Gasteiger partial charge on any atom is -0.480 e. The molecule has 2 aromatic carbocycles. The van der Waals surface area contributed by atoms with Crippen molar-refractivity contribution in [1.29, 1.82) is 0 Å². The summed E-state index contributed by atoms with van der Waals surface area (Å²) in [5.74, 6) is -0.168. The number of rotatable bonds is 10. The van der Waals surface area contributed by atoms with E-state index in [1.165, 1.54) is 0 Å². The fourth-order valence-corrected chi connectivity index (χ4v) is 3.74. The van der Waals surface area contributed by atoms with Crippen LogP contribution in [0.25, 0.3) is 0 Å². The van der Waals surface area contributed by atoms with Gasteiger partial charge in [0.05, 0.1) is 6.04 Å². The molecule has 0 aliphatic rings. The van der Waals surface area contributed by atoms with Gasteiger partial charge in [0, 0.05) is 24.5 Å². The molecule has 0 bridgehead atoms. The third kappa shape index (κ3) is 6.80. The van der Waals surface area contributed by atoms with Crippen LogP contribution in [0.2, 0.25) is 0 Å². The minimum atomic E-state index is -1.06. The highest BCUT2D eigenvalue weighted by Gasteiger charge is 2.27. The van der Waals surface area contributed by atoms with Gasteiger partial charge in [0.25, 0.3) is 0 Å². The number of hydrogen-bond acceptors (Lipinski definition) is 4. The van der Waals surface area contributed by atoms with Gasteiger partial charge in [-0.2, -0.15) is 25.3 Å². The largest absolute Gasteiger partial charge is 0.480 e. The second-order valence-corrected chi connectivity index (χ2v) is 7.21. The van der Waals surface area contributed by atoms with Crippen molar-refractivity contribution in [2.75, 3.05) is 18.1 Å². The van der Waals surface area contributed by atoms with Gasteiger partial charge >= 0.3 is 12.0 Å². The molecular formula is C21H26N2O3S2. The van der Waals surface area contributed by atoms with Crippen LogP contribution in [-0.4, -0.2) is 52.1 Å². The number of benzene rings is 2. The summed E-state index contributed by atoms with van der Waals surface area (Å²) in [6, 6.07) is 17.5. The fraction of sp³-hybridized carbons (Fsp3) is 0.333. The number of urea groups is 1.